The van der Waals surface area contributed by atoms with Crippen molar-refractivity contribution in [2.45, 2.75) is 38.8 Å². The van der Waals surface area contributed by atoms with Gasteiger partial charge in [0, 0.05) is 25.7 Å². The van der Waals surface area contributed by atoms with Gasteiger partial charge in [-0.05, 0) is 18.8 Å². The van der Waals surface area contributed by atoms with Crippen LogP contribution in [0.1, 0.15) is 32.4 Å². The van der Waals surface area contributed by atoms with Gasteiger partial charge in [-0.3, -0.25) is 15.1 Å². The van der Waals surface area contributed by atoms with Crippen LogP contribution in [0.5, 0.6) is 11.5 Å². The van der Waals surface area contributed by atoms with Crippen LogP contribution in [0.2, 0.25) is 0 Å². The molecule has 0 saturated carbocycles. The zero-order valence-corrected chi connectivity index (χ0v) is 16.4. The van der Waals surface area contributed by atoms with Crippen molar-refractivity contribution in [3.63, 3.8) is 0 Å². The second-order valence-corrected chi connectivity index (χ2v) is 7.58. The van der Waals surface area contributed by atoms with Crippen molar-refractivity contribution < 1.29 is 23.8 Å². The summed E-state index contributed by atoms with van der Waals surface area (Å²) in [6.45, 7) is 6.52. The molecule has 0 unspecified atom stereocenters. The van der Waals surface area contributed by atoms with E-state index in [1.54, 1.807) is 17.2 Å². The predicted octanol–water partition coefficient (Wildman–Crippen LogP) is 1.05. The molecule has 3 heterocycles. The van der Waals surface area contributed by atoms with E-state index in [0.717, 1.165) is 5.69 Å². The zero-order chi connectivity index (χ0) is 20.1. The summed E-state index contributed by atoms with van der Waals surface area (Å²) in [5.41, 5.74) is 5.54. The third kappa shape index (κ3) is 4.64. The van der Waals surface area contributed by atoms with Gasteiger partial charge in [-0.1, -0.05) is 13.8 Å². The third-order valence-electron chi connectivity index (χ3n) is 4.98. The molecule has 1 saturated heterocycles. The number of hydrogen-bond acceptors (Lipinski definition) is 7. The fourth-order valence-corrected chi connectivity index (χ4v) is 3.26. The minimum atomic E-state index is -0.885. The summed E-state index contributed by atoms with van der Waals surface area (Å²) < 4.78 is 16.3. The van der Waals surface area contributed by atoms with Crippen molar-refractivity contribution in [3.8, 4) is 11.5 Å². The van der Waals surface area contributed by atoms with Crippen molar-refractivity contribution in [1.29, 1.82) is 0 Å². The Morgan fingerprint density at radius 1 is 1.29 bits per heavy atom. The van der Waals surface area contributed by atoms with Crippen LogP contribution in [0, 0.1) is 5.92 Å². The SMILES string of the molecule is CC(C)COC(=O)N1CCC(NCc2cc3c(cn2)OCCO3)(C(N)=O)CC1. The number of aromatic nitrogens is 1. The number of piperidine rings is 1. The van der Waals surface area contributed by atoms with E-state index in [9.17, 15) is 9.59 Å². The normalized spacial score (nSPS) is 18.0. The molecule has 3 rings (SSSR count). The lowest BCUT2D eigenvalue weighted by Crippen LogP contribution is -2.61. The summed E-state index contributed by atoms with van der Waals surface area (Å²) in [6, 6.07) is 1.80. The molecule has 3 N–H and O–H groups in total. The Balaban J connectivity index is 1.58. The van der Waals surface area contributed by atoms with E-state index in [2.05, 4.69) is 10.3 Å². The number of carbonyl (C=O) groups excluding carboxylic acids is 2. The van der Waals surface area contributed by atoms with Gasteiger partial charge in [0.15, 0.2) is 11.5 Å². The average Bonchev–Trinajstić information content (AvgIpc) is 2.70. The van der Waals surface area contributed by atoms with Gasteiger partial charge in [-0.2, -0.15) is 0 Å². The number of amides is 2. The fraction of sp³-hybridized carbons (Fsp3) is 0.632. The molecule has 0 atom stereocenters. The molecule has 2 aliphatic rings. The molecule has 0 bridgehead atoms. The summed E-state index contributed by atoms with van der Waals surface area (Å²) in [5.74, 6) is 1.11. The maximum atomic E-state index is 12.2. The molecule has 9 heteroatoms. The first kappa shape index (κ1) is 20.2. The number of nitrogens with zero attached hydrogens (tertiary/aromatic N) is 2. The van der Waals surface area contributed by atoms with Gasteiger partial charge in [-0.15, -0.1) is 0 Å². The molecule has 2 amide bonds. The first-order valence-corrected chi connectivity index (χ1v) is 9.61. The first-order valence-electron chi connectivity index (χ1n) is 9.61. The number of fused-ring (bicyclic) bond motifs is 1. The zero-order valence-electron chi connectivity index (χ0n) is 16.4. The highest BCUT2D eigenvalue weighted by Crippen LogP contribution is 2.30. The van der Waals surface area contributed by atoms with Gasteiger partial charge < -0.3 is 24.8 Å². The van der Waals surface area contributed by atoms with E-state index in [1.165, 1.54) is 0 Å². The van der Waals surface area contributed by atoms with Gasteiger partial charge in [0.05, 0.1) is 18.5 Å². The minimum absolute atomic E-state index is 0.276. The largest absolute Gasteiger partial charge is 0.486 e. The van der Waals surface area contributed by atoms with Crippen LogP contribution < -0.4 is 20.5 Å². The third-order valence-corrected chi connectivity index (χ3v) is 4.98. The molecule has 1 fully saturated rings. The number of primary amides is 1. The monoisotopic (exact) mass is 392 g/mol. The van der Waals surface area contributed by atoms with Crippen LogP contribution >= 0.6 is 0 Å². The molecule has 0 aliphatic carbocycles. The Hall–Kier alpha value is -2.55. The van der Waals surface area contributed by atoms with Crippen LogP contribution in [0.3, 0.4) is 0 Å². The Morgan fingerprint density at radius 2 is 1.96 bits per heavy atom. The Morgan fingerprint density at radius 3 is 2.61 bits per heavy atom. The molecule has 1 aromatic heterocycles. The molecule has 28 heavy (non-hydrogen) atoms. The highest BCUT2D eigenvalue weighted by molar-refractivity contribution is 5.85. The van der Waals surface area contributed by atoms with E-state index in [-0.39, 0.29) is 12.0 Å². The average molecular weight is 392 g/mol. The molecule has 0 spiro atoms. The molecule has 2 aliphatic heterocycles. The summed E-state index contributed by atoms with van der Waals surface area (Å²) in [4.78, 5) is 30.3. The molecular weight excluding hydrogens is 364 g/mol. The number of pyridine rings is 1. The highest BCUT2D eigenvalue weighted by atomic mass is 16.6. The van der Waals surface area contributed by atoms with Crippen LogP contribution in [0.15, 0.2) is 12.3 Å². The topological polar surface area (TPSA) is 116 Å². The number of carbonyl (C=O) groups is 2. The summed E-state index contributed by atoms with van der Waals surface area (Å²) in [6.07, 6.45) is 2.11. The van der Waals surface area contributed by atoms with Gasteiger partial charge in [0.25, 0.3) is 0 Å². The van der Waals surface area contributed by atoms with E-state index in [0.29, 0.717) is 63.8 Å². The lowest BCUT2D eigenvalue weighted by atomic mass is 9.86. The number of hydrogen-bond donors (Lipinski definition) is 2. The van der Waals surface area contributed by atoms with Crippen LogP contribution in [0.25, 0.3) is 0 Å². The predicted molar refractivity (Wildman–Crippen MR) is 101 cm³/mol. The van der Waals surface area contributed by atoms with Crippen molar-refractivity contribution >= 4 is 12.0 Å². The molecule has 154 valence electrons. The second kappa shape index (κ2) is 8.64. The maximum absolute atomic E-state index is 12.2. The smallest absolute Gasteiger partial charge is 0.409 e. The number of ether oxygens (including phenoxy) is 3. The minimum Gasteiger partial charge on any atom is -0.486 e. The van der Waals surface area contributed by atoms with E-state index >= 15 is 0 Å². The summed E-state index contributed by atoms with van der Waals surface area (Å²) >= 11 is 0. The van der Waals surface area contributed by atoms with Gasteiger partial charge in [0.1, 0.15) is 18.8 Å². The molecule has 1 aromatic rings. The van der Waals surface area contributed by atoms with Crippen LogP contribution in [-0.2, 0) is 16.1 Å². The number of likely N-dealkylation sites (tertiary alicyclic amines) is 1. The van der Waals surface area contributed by atoms with Crippen molar-refractivity contribution in [2.24, 2.45) is 11.7 Å². The van der Waals surface area contributed by atoms with E-state index < -0.39 is 11.4 Å². The van der Waals surface area contributed by atoms with Crippen molar-refractivity contribution in [3.05, 3.63) is 18.0 Å². The lowest BCUT2D eigenvalue weighted by molar-refractivity contribution is -0.126. The van der Waals surface area contributed by atoms with Crippen LogP contribution in [-0.4, -0.2) is 60.3 Å². The quantitative estimate of drug-likeness (QED) is 0.743. The first-order chi connectivity index (χ1) is 13.4. The molecular formula is C19H28N4O5. The molecule has 0 radical (unpaired) electrons. The van der Waals surface area contributed by atoms with Crippen LogP contribution in [0.4, 0.5) is 4.79 Å². The van der Waals surface area contributed by atoms with Crippen molar-refractivity contribution in [2.75, 3.05) is 32.9 Å². The van der Waals surface area contributed by atoms with Crippen molar-refractivity contribution in [1.82, 2.24) is 15.2 Å². The lowest BCUT2D eigenvalue weighted by Gasteiger charge is -2.39. The Labute approximate surface area is 164 Å². The van der Waals surface area contributed by atoms with Gasteiger partial charge >= 0.3 is 6.09 Å². The maximum Gasteiger partial charge on any atom is 0.409 e. The molecule has 9 nitrogen and oxygen atoms in total. The number of nitrogens with one attached hydrogen (secondary N) is 1. The van der Waals surface area contributed by atoms with Gasteiger partial charge in [-0.25, -0.2) is 4.79 Å². The Kier molecular flexibility index (Phi) is 6.23. The second-order valence-electron chi connectivity index (χ2n) is 7.58. The Bertz CT molecular complexity index is 716. The standard InChI is InChI=1S/C19H28N4O5/c1-13(2)12-28-18(25)23-5-3-19(4-6-23,17(20)24)22-10-14-9-15-16(11-21-14)27-8-7-26-15/h9,11,13,22H,3-8,10,12H2,1-2H3,(H2,20,24). The summed E-state index contributed by atoms with van der Waals surface area (Å²) in [7, 11) is 0. The highest BCUT2D eigenvalue weighted by Gasteiger charge is 2.41. The summed E-state index contributed by atoms with van der Waals surface area (Å²) in [5, 5.41) is 3.26. The van der Waals surface area contributed by atoms with Gasteiger partial charge in [0.2, 0.25) is 5.91 Å². The molecule has 0 aromatic carbocycles. The van der Waals surface area contributed by atoms with E-state index in [4.69, 9.17) is 19.9 Å². The number of rotatable bonds is 6. The van der Waals surface area contributed by atoms with E-state index in [1.807, 2.05) is 13.8 Å². The fourth-order valence-electron chi connectivity index (χ4n) is 3.26. The number of nitrogens with two attached hydrogens (primary N) is 1.